The van der Waals surface area contributed by atoms with Crippen molar-refractivity contribution in [3.63, 3.8) is 0 Å². The lowest BCUT2D eigenvalue weighted by Gasteiger charge is -2.14. The van der Waals surface area contributed by atoms with E-state index >= 15 is 0 Å². The van der Waals surface area contributed by atoms with Crippen LogP contribution in [0.25, 0.3) is 0 Å². The molecule has 1 aromatic heterocycles. The van der Waals surface area contributed by atoms with Gasteiger partial charge in [-0.3, -0.25) is 0 Å². The first kappa shape index (κ1) is 12.0. The molecule has 1 aromatic carbocycles. The van der Waals surface area contributed by atoms with Crippen LogP contribution in [0.4, 0.5) is 5.82 Å². The normalized spacial score (nSPS) is 12.6. The second kappa shape index (κ2) is 4.80. The van der Waals surface area contributed by atoms with Gasteiger partial charge in [-0.05, 0) is 38.0 Å². The summed E-state index contributed by atoms with van der Waals surface area (Å²) in [6, 6.07) is 10.0. The maximum atomic E-state index is 5.90. The van der Waals surface area contributed by atoms with Crippen LogP contribution in [-0.4, -0.2) is 9.78 Å². The average molecular weight is 250 g/mol. The van der Waals surface area contributed by atoms with E-state index in [2.05, 4.69) is 12.0 Å². The molecule has 0 bridgehead atoms. The molecule has 2 aromatic rings. The van der Waals surface area contributed by atoms with Gasteiger partial charge in [0.05, 0.1) is 11.7 Å². The third-order valence-corrected chi connectivity index (χ3v) is 3.00. The predicted octanol–water partition coefficient (Wildman–Crippen LogP) is 3.23. The summed E-state index contributed by atoms with van der Waals surface area (Å²) in [4.78, 5) is 0. The predicted molar refractivity (Wildman–Crippen MR) is 71.2 cm³/mol. The van der Waals surface area contributed by atoms with Gasteiger partial charge < -0.3 is 5.73 Å². The summed E-state index contributed by atoms with van der Waals surface area (Å²) in [5.74, 6) is 0.712. The number of benzene rings is 1. The number of nitrogens with zero attached hydrogens (tertiary/aromatic N) is 2. The zero-order valence-corrected chi connectivity index (χ0v) is 10.8. The lowest BCUT2D eigenvalue weighted by Crippen LogP contribution is -2.12. The first-order valence-electron chi connectivity index (χ1n) is 5.62. The minimum atomic E-state index is 0.241. The molecule has 0 aliphatic heterocycles. The van der Waals surface area contributed by atoms with Crippen molar-refractivity contribution in [1.82, 2.24) is 9.78 Å². The molecule has 0 amide bonds. The zero-order valence-electron chi connectivity index (χ0n) is 10.0. The molecule has 2 rings (SSSR count). The second-order valence-electron chi connectivity index (χ2n) is 4.33. The largest absolute Gasteiger partial charge is 0.384 e. The van der Waals surface area contributed by atoms with Gasteiger partial charge in [-0.2, -0.15) is 5.10 Å². The highest BCUT2D eigenvalue weighted by Gasteiger charge is 2.10. The lowest BCUT2D eigenvalue weighted by atomic mass is 10.1. The minimum Gasteiger partial charge on any atom is -0.384 e. The zero-order chi connectivity index (χ0) is 12.4. The Morgan fingerprint density at radius 2 is 2.00 bits per heavy atom. The highest BCUT2D eigenvalue weighted by Crippen LogP contribution is 2.19. The fourth-order valence-electron chi connectivity index (χ4n) is 1.94. The molecule has 1 atom stereocenters. The number of aromatic nitrogens is 2. The number of hydrogen-bond acceptors (Lipinski definition) is 2. The van der Waals surface area contributed by atoms with Crippen LogP contribution in [0.15, 0.2) is 30.3 Å². The van der Waals surface area contributed by atoms with Crippen LogP contribution in [0.3, 0.4) is 0 Å². The molecule has 0 radical (unpaired) electrons. The molecule has 0 fully saturated rings. The van der Waals surface area contributed by atoms with E-state index in [1.54, 1.807) is 0 Å². The topological polar surface area (TPSA) is 43.8 Å². The molecule has 4 heteroatoms. The molecule has 3 nitrogen and oxygen atoms in total. The Bertz CT molecular complexity index is 502. The second-order valence-corrected chi connectivity index (χ2v) is 4.77. The molecular formula is C13H16ClN3. The van der Waals surface area contributed by atoms with Gasteiger partial charge in [0.25, 0.3) is 0 Å². The molecule has 0 saturated carbocycles. The van der Waals surface area contributed by atoms with E-state index in [0.717, 1.165) is 17.1 Å². The molecule has 1 unspecified atom stereocenters. The summed E-state index contributed by atoms with van der Waals surface area (Å²) in [7, 11) is 0. The summed E-state index contributed by atoms with van der Waals surface area (Å²) < 4.78 is 1.87. The summed E-state index contributed by atoms with van der Waals surface area (Å²) in [5, 5.41) is 5.15. The number of hydrogen-bond donors (Lipinski definition) is 1. The van der Waals surface area contributed by atoms with Crippen molar-refractivity contribution in [3.05, 3.63) is 46.6 Å². The average Bonchev–Trinajstić information content (AvgIpc) is 2.61. The van der Waals surface area contributed by atoms with Crippen LogP contribution in [0.2, 0.25) is 5.02 Å². The van der Waals surface area contributed by atoms with E-state index in [1.807, 2.05) is 41.9 Å². The number of rotatable bonds is 3. The maximum Gasteiger partial charge on any atom is 0.122 e. The molecule has 0 spiro atoms. The molecule has 0 saturated heterocycles. The molecule has 0 aliphatic rings. The van der Waals surface area contributed by atoms with E-state index in [1.165, 1.54) is 5.56 Å². The van der Waals surface area contributed by atoms with Crippen molar-refractivity contribution in [2.75, 3.05) is 5.73 Å². The van der Waals surface area contributed by atoms with E-state index < -0.39 is 0 Å². The van der Waals surface area contributed by atoms with Crippen LogP contribution in [0.1, 0.15) is 24.2 Å². The fraction of sp³-hybridized carbons (Fsp3) is 0.308. The van der Waals surface area contributed by atoms with Crippen molar-refractivity contribution in [3.8, 4) is 0 Å². The fourth-order valence-corrected chi connectivity index (χ4v) is 2.06. The molecule has 90 valence electrons. The van der Waals surface area contributed by atoms with E-state index in [9.17, 15) is 0 Å². The third-order valence-electron chi connectivity index (χ3n) is 2.75. The number of halogens is 1. The van der Waals surface area contributed by atoms with Crippen molar-refractivity contribution < 1.29 is 0 Å². The standard InChI is InChI=1S/C13H16ClN3/c1-9-7-13(15)17(16-9)10(2)8-11-3-5-12(14)6-4-11/h3-7,10H,8,15H2,1-2H3. The molecule has 0 aliphatic carbocycles. The van der Waals surface area contributed by atoms with E-state index in [-0.39, 0.29) is 6.04 Å². The third kappa shape index (κ3) is 2.80. The highest BCUT2D eigenvalue weighted by atomic mass is 35.5. The van der Waals surface area contributed by atoms with Crippen LogP contribution >= 0.6 is 11.6 Å². The molecule has 2 N–H and O–H groups in total. The van der Waals surface area contributed by atoms with Gasteiger partial charge >= 0.3 is 0 Å². The Morgan fingerprint density at radius 3 is 2.53 bits per heavy atom. The lowest BCUT2D eigenvalue weighted by molar-refractivity contribution is 0.493. The highest BCUT2D eigenvalue weighted by molar-refractivity contribution is 6.30. The van der Waals surface area contributed by atoms with Crippen molar-refractivity contribution in [2.45, 2.75) is 26.3 Å². The summed E-state index contributed by atoms with van der Waals surface area (Å²) in [6.45, 7) is 4.05. The van der Waals surface area contributed by atoms with Crippen molar-refractivity contribution in [2.24, 2.45) is 0 Å². The van der Waals surface area contributed by atoms with E-state index in [0.29, 0.717) is 5.82 Å². The molecular weight excluding hydrogens is 234 g/mol. The summed E-state index contributed by atoms with van der Waals surface area (Å²) >= 11 is 5.86. The minimum absolute atomic E-state index is 0.241. The van der Waals surface area contributed by atoms with Gasteiger partial charge in [0, 0.05) is 11.1 Å². The van der Waals surface area contributed by atoms with E-state index in [4.69, 9.17) is 17.3 Å². The number of nitrogen functional groups attached to an aromatic ring is 1. The van der Waals surface area contributed by atoms with Crippen LogP contribution in [0, 0.1) is 6.92 Å². The van der Waals surface area contributed by atoms with Crippen LogP contribution in [0.5, 0.6) is 0 Å². The maximum absolute atomic E-state index is 5.90. The van der Waals surface area contributed by atoms with Gasteiger partial charge in [-0.15, -0.1) is 0 Å². The Hall–Kier alpha value is -1.48. The van der Waals surface area contributed by atoms with Crippen molar-refractivity contribution in [1.29, 1.82) is 0 Å². The van der Waals surface area contributed by atoms with Gasteiger partial charge in [0.2, 0.25) is 0 Å². The SMILES string of the molecule is Cc1cc(N)n(C(C)Cc2ccc(Cl)cc2)n1. The Morgan fingerprint density at radius 1 is 1.35 bits per heavy atom. The summed E-state index contributed by atoms with van der Waals surface area (Å²) in [5.41, 5.74) is 8.08. The Labute approximate surface area is 106 Å². The molecule has 17 heavy (non-hydrogen) atoms. The number of anilines is 1. The Kier molecular flexibility index (Phi) is 3.38. The Balaban J connectivity index is 2.14. The monoisotopic (exact) mass is 249 g/mol. The van der Waals surface area contributed by atoms with Crippen molar-refractivity contribution >= 4 is 17.4 Å². The number of nitrogens with two attached hydrogens (primary N) is 1. The summed E-state index contributed by atoms with van der Waals surface area (Å²) in [6.07, 6.45) is 0.891. The van der Waals surface area contributed by atoms with Gasteiger partial charge in [0.15, 0.2) is 0 Å². The van der Waals surface area contributed by atoms with Crippen LogP contribution in [-0.2, 0) is 6.42 Å². The smallest absolute Gasteiger partial charge is 0.122 e. The van der Waals surface area contributed by atoms with Gasteiger partial charge in [-0.25, -0.2) is 4.68 Å². The van der Waals surface area contributed by atoms with Gasteiger partial charge in [-0.1, -0.05) is 23.7 Å². The molecule has 1 heterocycles. The first-order chi connectivity index (χ1) is 8.06. The van der Waals surface area contributed by atoms with Gasteiger partial charge in [0.1, 0.15) is 5.82 Å². The number of aryl methyl sites for hydroxylation is 1. The quantitative estimate of drug-likeness (QED) is 0.908. The first-order valence-corrected chi connectivity index (χ1v) is 6.00. The van der Waals surface area contributed by atoms with Crippen LogP contribution < -0.4 is 5.73 Å².